The summed E-state index contributed by atoms with van der Waals surface area (Å²) in [6.45, 7) is 2.27. The zero-order valence-electron chi connectivity index (χ0n) is 11.2. The Hall–Kier alpha value is -0.610. The van der Waals surface area contributed by atoms with Crippen LogP contribution in [0.25, 0.3) is 0 Å². The van der Waals surface area contributed by atoms with Crippen LogP contribution in [-0.4, -0.2) is 37.7 Å². The third-order valence-corrected chi connectivity index (χ3v) is 3.93. The van der Waals surface area contributed by atoms with E-state index in [-0.39, 0.29) is 11.9 Å². The van der Waals surface area contributed by atoms with Crippen molar-refractivity contribution in [1.82, 2.24) is 10.6 Å². The molecule has 0 aromatic heterocycles. The maximum absolute atomic E-state index is 11.8. The zero-order chi connectivity index (χ0) is 12.6. The Morgan fingerprint density at radius 3 is 2.61 bits per heavy atom. The Kier molecular flexibility index (Phi) is 5.94. The van der Waals surface area contributed by atoms with Gasteiger partial charge < -0.3 is 15.4 Å². The average molecular weight is 254 g/mol. The van der Waals surface area contributed by atoms with E-state index < -0.39 is 0 Å². The molecule has 1 aliphatic carbocycles. The molecule has 1 unspecified atom stereocenters. The highest BCUT2D eigenvalue weighted by molar-refractivity contribution is 5.81. The first kappa shape index (κ1) is 13.8. The summed E-state index contributed by atoms with van der Waals surface area (Å²) in [5.74, 6) is 0.141. The third-order valence-electron chi connectivity index (χ3n) is 3.93. The van der Waals surface area contributed by atoms with E-state index in [0.717, 1.165) is 19.4 Å². The Morgan fingerprint density at radius 1 is 1.11 bits per heavy atom. The average Bonchev–Trinajstić information content (AvgIpc) is 2.45. The standard InChI is InChI=1S/C14H26N2O2/c17-14(13-8-4-5-9-15-13)16-10-11-18-12-6-2-1-3-7-12/h12-13,15H,1-11H2,(H,16,17). The molecule has 4 heteroatoms. The second-order valence-electron chi connectivity index (χ2n) is 5.42. The molecular weight excluding hydrogens is 228 g/mol. The van der Waals surface area contributed by atoms with E-state index in [0.29, 0.717) is 19.3 Å². The van der Waals surface area contributed by atoms with Gasteiger partial charge in [0.2, 0.25) is 5.91 Å². The zero-order valence-corrected chi connectivity index (χ0v) is 11.2. The van der Waals surface area contributed by atoms with Crippen LogP contribution >= 0.6 is 0 Å². The van der Waals surface area contributed by atoms with Crippen LogP contribution in [0.15, 0.2) is 0 Å². The van der Waals surface area contributed by atoms with Crippen molar-refractivity contribution in [2.24, 2.45) is 0 Å². The summed E-state index contributed by atoms with van der Waals surface area (Å²) in [4.78, 5) is 11.8. The van der Waals surface area contributed by atoms with Crippen molar-refractivity contribution in [3.8, 4) is 0 Å². The van der Waals surface area contributed by atoms with Crippen molar-refractivity contribution in [1.29, 1.82) is 0 Å². The van der Waals surface area contributed by atoms with Crippen LogP contribution in [0, 0.1) is 0 Å². The number of piperidine rings is 1. The van der Waals surface area contributed by atoms with Crippen LogP contribution in [-0.2, 0) is 9.53 Å². The number of rotatable bonds is 5. The van der Waals surface area contributed by atoms with Gasteiger partial charge in [-0.05, 0) is 32.2 Å². The van der Waals surface area contributed by atoms with E-state index >= 15 is 0 Å². The number of hydrogen-bond donors (Lipinski definition) is 2. The van der Waals surface area contributed by atoms with E-state index in [1.54, 1.807) is 0 Å². The SMILES string of the molecule is O=C(NCCOC1CCCCC1)C1CCCCN1. The Balaban J connectivity index is 1.52. The maximum Gasteiger partial charge on any atom is 0.237 e. The van der Waals surface area contributed by atoms with Crippen molar-refractivity contribution in [2.75, 3.05) is 19.7 Å². The van der Waals surface area contributed by atoms with Crippen LogP contribution in [0.2, 0.25) is 0 Å². The highest BCUT2D eigenvalue weighted by atomic mass is 16.5. The fourth-order valence-corrected chi connectivity index (χ4v) is 2.83. The monoisotopic (exact) mass is 254 g/mol. The van der Waals surface area contributed by atoms with Gasteiger partial charge in [-0.25, -0.2) is 0 Å². The van der Waals surface area contributed by atoms with Crippen molar-refractivity contribution >= 4 is 5.91 Å². The smallest absolute Gasteiger partial charge is 0.237 e. The molecule has 1 saturated carbocycles. The molecular formula is C14H26N2O2. The maximum atomic E-state index is 11.8. The quantitative estimate of drug-likeness (QED) is 0.733. The van der Waals surface area contributed by atoms with Gasteiger partial charge in [-0.2, -0.15) is 0 Å². The number of ether oxygens (including phenoxy) is 1. The molecule has 18 heavy (non-hydrogen) atoms. The number of carbonyl (C=O) groups is 1. The molecule has 1 atom stereocenters. The molecule has 104 valence electrons. The van der Waals surface area contributed by atoms with Gasteiger partial charge in [-0.1, -0.05) is 25.7 Å². The molecule has 1 aliphatic heterocycles. The molecule has 0 aromatic rings. The number of amides is 1. The number of hydrogen-bond acceptors (Lipinski definition) is 3. The molecule has 0 radical (unpaired) electrons. The summed E-state index contributed by atoms with van der Waals surface area (Å²) in [5.41, 5.74) is 0. The lowest BCUT2D eigenvalue weighted by atomic mass is 9.98. The van der Waals surface area contributed by atoms with Crippen molar-refractivity contribution in [3.63, 3.8) is 0 Å². The summed E-state index contributed by atoms with van der Waals surface area (Å²) in [7, 11) is 0. The molecule has 2 N–H and O–H groups in total. The molecule has 2 aliphatic rings. The van der Waals surface area contributed by atoms with Gasteiger partial charge in [0.05, 0.1) is 18.8 Å². The topological polar surface area (TPSA) is 50.4 Å². The Morgan fingerprint density at radius 2 is 1.89 bits per heavy atom. The highest BCUT2D eigenvalue weighted by Gasteiger charge is 2.20. The molecule has 0 bridgehead atoms. The first-order valence-corrected chi connectivity index (χ1v) is 7.49. The van der Waals surface area contributed by atoms with E-state index in [1.807, 2.05) is 0 Å². The first-order valence-electron chi connectivity index (χ1n) is 7.49. The van der Waals surface area contributed by atoms with E-state index in [1.165, 1.54) is 38.5 Å². The second kappa shape index (κ2) is 7.74. The first-order chi connectivity index (χ1) is 8.86. The largest absolute Gasteiger partial charge is 0.376 e. The predicted molar refractivity (Wildman–Crippen MR) is 71.5 cm³/mol. The molecule has 1 amide bonds. The molecule has 2 fully saturated rings. The van der Waals surface area contributed by atoms with Gasteiger partial charge in [0.15, 0.2) is 0 Å². The van der Waals surface area contributed by atoms with Crippen LogP contribution in [0.4, 0.5) is 0 Å². The van der Waals surface area contributed by atoms with Gasteiger partial charge in [0.1, 0.15) is 0 Å². The lowest BCUT2D eigenvalue weighted by Gasteiger charge is -2.24. The molecule has 0 spiro atoms. The fourth-order valence-electron chi connectivity index (χ4n) is 2.83. The van der Waals surface area contributed by atoms with Gasteiger partial charge in [-0.15, -0.1) is 0 Å². The van der Waals surface area contributed by atoms with E-state index in [9.17, 15) is 4.79 Å². The summed E-state index contributed by atoms with van der Waals surface area (Å²) in [5, 5.41) is 6.22. The summed E-state index contributed by atoms with van der Waals surface area (Å²) >= 11 is 0. The predicted octanol–water partition coefficient (Wildman–Crippen LogP) is 1.59. The summed E-state index contributed by atoms with van der Waals surface area (Å²) < 4.78 is 5.79. The second-order valence-corrected chi connectivity index (χ2v) is 5.42. The number of nitrogens with one attached hydrogen (secondary N) is 2. The highest BCUT2D eigenvalue weighted by Crippen LogP contribution is 2.19. The molecule has 4 nitrogen and oxygen atoms in total. The van der Waals surface area contributed by atoms with Crippen molar-refractivity contribution in [3.05, 3.63) is 0 Å². The normalized spacial score (nSPS) is 25.9. The molecule has 0 aromatic carbocycles. The minimum Gasteiger partial charge on any atom is -0.376 e. The summed E-state index contributed by atoms with van der Waals surface area (Å²) in [6.07, 6.45) is 10.1. The van der Waals surface area contributed by atoms with Crippen molar-refractivity contribution in [2.45, 2.75) is 63.5 Å². The number of carbonyl (C=O) groups excluding carboxylic acids is 1. The van der Waals surface area contributed by atoms with Crippen LogP contribution in [0.3, 0.4) is 0 Å². The van der Waals surface area contributed by atoms with Crippen molar-refractivity contribution < 1.29 is 9.53 Å². The third kappa shape index (κ3) is 4.58. The van der Waals surface area contributed by atoms with Crippen LogP contribution in [0.5, 0.6) is 0 Å². The van der Waals surface area contributed by atoms with Gasteiger partial charge >= 0.3 is 0 Å². The minimum atomic E-state index is 0.0217. The summed E-state index contributed by atoms with van der Waals surface area (Å²) in [6, 6.07) is 0.0217. The van der Waals surface area contributed by atoms with Crippen LogP contribution < -0.4 is 10.6 Å². The molecule has 1 saturated heterocycles. The lowest BCUT2D eigenvalue weighted by molar-refractivity contribution is -0.124. The van der Waals surface area contributed by atoms with E-state index in [2.05, 4.69) is 10.6 Å². The van der Waals surface area contributed by atoms with Gasteiger partial charge in [-0.3, -0.25) is 4.79 Å². The lowest BCUT2D eigenvalue weighted by Crippen LogP contribution is -2.47. The van der Waals surface area contributed by atoms with E-state index in [4.69, 9.17) is 4.74 Å². The fraction of sp³-hybridized carbons (Fsp3) is 0.929. The van der Waals surface area contributed by atoms with Gasteiger partial charge in [0, 0.05) is 6.54 Å². The van der Waals surface area contributed by atoms with Crippen LogP contribution in [0.1, 0.15) is 51.4 Å². The molecule has 1 heterocycles. The Labute approximate surface area is 110 Å². The Bertz CT molecular complexity index is 246. The van der Waals surface area contributed by atoms with Gasteiger partial charge in [0.25, 0.3) is 0 Å². The molecule has 2 rings (SSSR count). The minimum absolute atomic E-state index is 0.0217.